The highest BCUT2D eigenvalue weighted by Crippen LogP contribution is 2.23. The topological polar surface area (TPSA) is 79.2 Å². The minimum absolute atomic E-state index is 0.145. The Labute approximate surface area is 163 Å². The Morgan fingerprint density at radius 3 is 2.29 bits per heavy atom. The van der Waals surface area contributed by atoms with Gasteiger partial charge in [-0.3, -0.25) is 4.79 Å². The second-order valence-corrected chi connectivity index (χ2v) is 6.19. The first-order chi connectivity index (χ1) is 13.6. The number of ether oxygens (including phenoxy) is 1. The molecular weight excluding hydrogens is 352 g/mol. The van der Waals surface area contributed by atoms with Crippen molar-refractivity contribution in [2.75, 3.05) is 5.32 Å². The molecule has 0 aliphatic heterocycles. The second kappa shape index (κ2) is 8.65. The number of benzene rings is 3. The van der Waals surface area contributed by atoms with Crippen LogP contribution in [0, 0.1) is 11.3 Å². The van der Waals surface area contributed by atoms with Crippen LogP contribution in [-0.2, 0) is 16.1 Å². The zero-order valence-corrected chi connectivity index (χ0v) is 15.3. The summed E-state index contributed by atoms with van der Waals surface area (Å²) in [4.78, 5) is 23.2. The van der Waals surface area contributed by atoms with Crippen LogP contribution in [0.3, 0.4) is 0 Å². The molecule has 3 aromatic rings. The van der Waals surface area contributed by atoms with E-state index in [4.69, 9.17) is 4.74 Å². The summed E-state index contributed by atoms with van der Waals surface area (Å²) in [6, 6.07) is 23.7. The number of esters is 1. The lowest BCUT2D eigenvalue weighted by Crippen LogP contribution is -2.07. The molecule has 3 rings (SSSR count). The lowest BCUT2D eigenvalue weighted by atomic mass is 9.99. The van der Waals surface area contributed by atoms with Gasteiger partial charge in [-0.15, -0.1) is 0 Å². The number of nitrogens with one attached hydrogen (secondary N) is 1. The lowest BCUT2D eigenvalue weighted by Gasteiger charge is -2.08. The maximum Gasteiger partial charge on any atom is 0.338 e. The molecule has 138 valence electrons. The molecule has 0 heterocycles. The summed E-state index contributed by atoms with van der Waals surface area (Å²) in [5, 5.41) is 11.9. The number of hydrogen-bond acceptors (Lipinski definition) is 4. The Bertz CT molecular complexity index is 1030. The Morgan fingerprint density at radius 2 is 1.64 bits per heavy atom. The van der Waals surface area contributed by atoms with Crippen LogP contribution in [-0.4, -0.2) is 11.9 Å². The molecule has 0 unspecified atom stereocenters. The van der Waals surface area contributed by atoms with Crippen LogP contribution < -0.4 is 5.32 Å². The summed E-state index contributed by atoms with van der Waals surface area (Å²) in [7, 11) is 0. The minimum atomic E-state index is -0.437. The van der Waals surface area contributed by atoms with Gasteiger partial charge in [0.25, 0.3) is 0 Å². The van der Waals surface area contributed by atoms with Crippen LogP contribution in [0.15, 0.2) is 72.8 Å². The number of amides is 1. The SMILES string of the molecule is CC(=O)Nc1ccc(C(=O)OCc2ccc(-c3ccccc3C#N)cc2)cc1. The standard InChI is InChI=1S/C23H18N2O3/c1-16(26)25-21-12-10-19(11-13-21)23(27)28-15-17-6-8-18(9-7-17)22-5-3-2-4-20(22)14-24/h2-13H,15H2,1H3,(H,25,26). The van der Waals surface area contributed by atoms with E-state index in [1.807, 2.05) is 42.5 Å². The molecule has 0 aliphatic rings. The Kier molecular flexibility index (Phi) is 5.83. The van der Waals surface area contributed by atoms with E-state index >= 15 is 0 Å². The summed E-state index contributed by atoms with van der Waals surface area (Å²) < 4.78 is 5.35. The van der Waals surface area contributed by atoms with Gasteiger partial charge < -0.3 is 10.1 Å². The Balaban J connectivity index is 1.62. The van der Waals surface area contributed by atoms with Crippen molar-refractivity contribution in [3.8, 4) is 17.2 Å². The van der Waals surface area contributed by atoms with Gasteiger partial charge in [0, 0.05) is 12.6 Å². The van der Waals surface area contributed by atoms with E-state index in [0.29, 0.717) is 16.8 Å². The monoisotopic (exact) mass is 370 g/mol. The van der Waals surface area contributed by atoms with E-state index in [1.165, 1.54) is 6.92 Å². The smallest absolute Gasteiger partial charge is 0.338 e. The van der Waals surface area contributed by atoms with E-state index in [1.54, 1.807) is 30.3 Å². The summed E-state index contributed by atoms with van der Waals surface area (Å²) >= 11 is 0. The van der Waals surface area contributed by atoms with Gasteiger partial charge in [0.05, 0.1) is 17.2 Å². The second-order valence-electron chi connectivity index (χ2n) is 6.19. The molecule has 0 saturated heterocycles. The normalized spacial score (nSPS) is 10.0. The van der Waals surface area contributed by atoms with E-state index in [-0.39, 0.29) is 12.5 Å². The molecule has 5 nitrogen and oxygen atoms in total. The van der Waals surface area contributed by atoms with Crippen molar-refractivity contribution in [1.82, 2.24) is 0 Å². The van der Waals surface area contributed by atoms with Crippen LogP contribution in [0.4, 0.5) is 5.69 Å². The largest absolute Gasteiger partial charge is 0.457 e. The quantitative estimate of drug-likeness (QED) is 0.669. The maximum atomic E-state index is 12.2. The predicted molar refractivity (Wildman–Crippen MR) is 106 cm³/mol. The zero-order chi connectivity index (χ0) is 19.9. The van der Waals surface area contributed by atoms with Gasteiger partial charge >= 0.3 is 5.97 Å². The van der Waals surface area contributed by atoms with Gasteiger partial charge in [-0.1, -0.05) is 42.5 Å². The van der Waals surface area contributed by atoms with E-state index in [9.17, 15) is 14.9 Å². The van der Waals surface area contributed by atoms with Gasteiger partial charge in [-0.05, 0) is 47.0 Å². The minimum Gasteiger partial charge on any atom is -0.457 e. The van der Waals surface area contributed by atoms with Gasteiger partial charge in [0.15, 0.2) is 0 Å². The fourth-order valence-electron chi connectivity index (χ4n) is 2.74. The summed E-state index contributed by atoms with van der Waals surface area (Å²) in [5.74, 6) is -0.607. The third-order valence-corrected chi connectivity index (χ3v) is 4.12. The highest BCUT2D eigenvalue weighted by Gasteiger charge is 2.09. The molecule has 0 aliphatic carbocycles. The third-order valence-electron chi connectivity index (χ3n) is 4.12. The predicted octanol–water partition coefficient (Wildman–Crippen LogP) is 4.54. The summed E-state index contributed by atoms with van der Waals surface area (Å²) in [5.41, 5.74) is 4.30. The number of carbonyl (C=O) groups excluding carboxylic acids is 2. The maximum absolute atomic E-state index is 12.2. The molecule has 0 atom stereocenters. The number of hydrogen-bond donors (Lipinski definition) is 1. The molecule has 28 heavy (non-hydrogen) atoms. The first kappa shape index (κ1) is 18.9. The Hall–Kier alpha value is -3.91. The lowest BCUT2D eigenvalue weighted by molar-refractivity contribution is -0.114. The number of nitriles is 1. The van der Waals surface area contributed by atoms with Gasteiger partial charge in [0.1, 0.15) is 6.61 Å². The van der Waals surface area contributed by atoms with E-state index in [0.717, 1.165) is 16.7 Å². The molecule has 0 bridgehead atoms. The first-order valence-electron chi connectivity index (χ1n) is 8.70. The highest BCUT2D eigenvalue weighted by molar-refractivity contribution is 5.92. The fraction of sp³-hybridized carbons (Fsp3) is 0.0870. The molecule has 0 radical (unpaired) electrons. The van der Waals surface area contributed by atoms with Crippen molar-refractivity contribution in [1.29, 1.82) is 5.26 Å². The molecule has 0 saturated carbocycles. The van der Waals surface area contributed by atoms with Crippen molar-refractivity contribution >= 4 is 17.6 Å². The van der Waals surface area contributed by atoms with Crippen molar-refractivity contribution in [2.24, 2.45) is 0 Å². The average molecular weight is 370 g/mol. The first-order valence-corrected chi connectivity index (χ1v) is 8.70. The zero-order valence-electron chi connectivity index (χ0n) is 15.3. The number of nitrogens with zero attached hydrogens (tertiary/aromatic N) is 1. The summed E-state index contributed by atoms with van der Waals surface area (Å²) in [6.07, 6.45) is 0. The van der Waals surface area contributed by atoms with Gasteiger partial charge in [-0.25, -0.2) is 4.79 Å². The number of anilines is 1. The van der Waals surface area contributed by atoms with E-state index < -0.39 is 5.97 Å². The molecule has 1 N–H and O–H groups in total. The van der Waals surface area contributed by atoms with Crippen molar-refractivity contribution in [3.63, 3.8) is 0 Å². The molecule has 5 heteroatoms. The summed E-state index contributed by atoms with van der Waals surface area (Å²) in [6.45, 7) is 1.57. The highest BCUT2D eigenvalue weighted by atomic mass is 16.5. The fourth-order valence-corrected chi connectivity index (χ4v) is 2.74. The molecule has 0 spiro atoms. The van der Waals surface area contributed by atoms with Crippen LogP contribution in [0.1, 0.15) is 28.4 Å². The van der Waals surface area contributed by atoms with E-state index in [2.05, 4.69) is 11.4 Å². The van der Waals surface area contributed by atoms with Crippen molar-refractivity contribution in [2.45, 2.75) is 13.5 Å². The van der Waals surface area contributed by atoms with Crippen LogP contribution in [0.25, 0.3) is 11.1 Å². The van der Waals surface area contributed by atoms with Gasteiger partial charge in [-0.2, -0.15) is 5.26 Å². The van der Waals surface area contributed by atoms with Crippen molar-refractivity contribution < 1.29 is 14.3 Å². The number of rotatable bonds is 5. The van der Waals surface area contributed by atoms with Gasteiger partial charge in [0.2, 0.25) is 5.91 Å². The molecule has 0 fully saturated rings. The number of carbonyl (C=O) groups is 2. The molecular formula is C23H18N2O3. The Morgan fingerprint density at radius 1 is 0.964 bits per heavy atom. The van der Waals surface area contributed by atoms with Crippen LogP contribution in [0.2, 0.25) is 0 Å². The molecule has 0 aromatic heterocycles. The van der Waals surface area contributed by atoms with Crippen molar-refractivity contribution in [3.05, 3.63) is 89.5 Å². The third kappa shape index (κ3) is 4.63. The molecule has 1 amide bonds. The average Bonchev–Trinajstić information content (AvgIpc) is 2.72. The molecule has 3 aromatic carbocycles. The van der Waals surface area contributed by atoms with Crippen LogP contribution in [0.5, 0.6) is 0 Å². The van der Waals surface area contributed by atoms with Crippen LogP contribution >= 0.6 is 0 Å².